The van der Waals surface area contributed by atoms with Gasteiger partial charge in [-0.1, -0.05) is 0 Å². The number of primary amides is 1. The highest BCUT2D eigenvalue weighted by atomic mass is 16.6. The molecule has 2 heterocycles. The number of hydrogen-bond donors (Lipinski definition) is 4. The van der Waals surface area contributed by atoms with Gasteiger partial charge in [0.2, 0.25) is 11.5 Å². The van der Waals surface area contributed by atoms with Crippen molar-refractivity contribution in [3.8, 4) is 11.5 Å². The molecule has 1 saturated carbocycles. The van der Waals surface area contributed by atoms with Crippen molar-refractivity contribution >= 4 is 40.7 Å². The molecule has 2 fully saturated rings. The molecule has 14 heteroatoms. The molecule has 1 atom stereocenters. The number of phenols is 1. The summed E-state index contributed by atoms with van der Waals surface area (Å²) in [5, 5.41) is 29.7. The van der Waals surface area contributed by atoms with Crippen LogP contribution >= 0.6 is 0 Å². The van der Waals surface area contributed by atoms with E-state index in [4.69, 9.17) is 15.2 Å². The topological polar surface area (TPSA) is 210 Å². The van der Waals surface area contributed by atoms with Crippen molar-refractivity contribution in [1.82, 2.24) is 14.8 Å². The summed E-state index contributed by atoms with van der Waals surface area (Å²) in [5.41, 5.74) is 3.75. The number of hydrogen-bond acceptors (Lipinski definition) is 9. The normalized spacial score (nSPS) is 16.9. The van der Waals surface area contributed by atoms with Crippen LogP contribution in [0.25, 0.3) is 10.9 Å². The Morgan fingerprint density at radius 1 is 1.07 bits per heavy atom. The molecule has 1 aliphatic heterocycles. The minimum absolute atomic E-state index is 0.0973. The molecule has 2 aromatic rings. The van der Waals surface area contributed by atoms with Crippen LogP contribution < -0.4 is 10.5 Å². The van der Waals surface area contributed by atoms with Gasteiger partial charge in [-0.05, 0) is 44.7 Å². The highest BCUT2D eigenvalue weighted by Gasteiger charge is 2.48. The Bertz CT molecular complexity index is 1380. The Hall–Kier alpha value is -4.62. The van der Waals surface area contributed by atoms with Gasteiger partial charge in [-0.25, -0.2) is 9.59 Å². The van der Waals surface area contributed by atoms with Crippen LogP contribution in [0, 0.1) is 0 Å². The molecule has 1 saturated heterocycles. The average Bonchev–Trinajstić information content (AvgIpc) is 2.89. The Labute approximate surface area is 234 Å². The number of carboxylic acids is 2. The molecule has 1 unspecified atom stereocenters. The van der Waals surface area contributed by atoms with Crippen molar-refractivity contribution in [2.75, 3.05) is 32.8 Å². The molecule has 0 bridgehead atoms. The van der Waals surface area contributed by atoms with Gasteiger partial charge in [0, 0.05) is 44.1 Å². The number of nitrogens with two attached hydrogens (primary N) is 1. The van der Waals surface area contributed by atoms with Gasteiger partial charge in [-0.2, -0.15) is 0 Å². The van der Waals surface area contributed by atoms with E-state index in [1.54, 1.807) is 6.92 Å². The van der Waals surface area contributed by atoms with Gasteiger partial charge in [-0.15, -0.1) is 0 Å². The van der Waals surface area contributed by atoms with E-state index in [0.29, 0.717) is 6.42 Å². The van der Waals surface area contributed by atoms with E-state index in [-0.39, 0.29) is 85.7 Å². The quantitative estimate of drug-likeness (QED) is 0.322. The number of carbonyl (C=O) groups excluding carboxylic acids is 3. The zero-order valence-electron chi connectivity index (χ0n) is 22.5. The van der Waals surface area contributed by atoms with Gasteiger partial charge in [-0.3, -0.25) is 19.4 Å². The van der Waals surface area contributed by atoms with Crippen molar-refractivity contribution in [2.24, 2.45) is 5.73 Å². The van der Waals surface area contributed by atoms with Crippen LogP contribution in [0.2, 0.25) is 0 Å². The average molecular weight is 573 g/mol. The molecule has 41 heavy (non-hydrogen) atoms. The third-order valence-electron chi connectivity index (χ3n) is 7.44. The SMILES string of the molecule is CCOC(=O)N1CCN(C(=O)C(CCC(=O)O)c2nc3cc(O)ccc3c(OC3(C(=O)O)CCC3)c2C(N)=O)CC1. The van der Waals surface area contributed by atoms with E-state index in [1.165, 1.54) is 28.0 Å². The third kappa shape index (κ3) is 5.95. The number of aromatic hydroxyl groups is 1. The maximum Gasteiger partial charge on any atom is 0.409 e. The highest BCUT2D eigenvalue weighted by Crippen LogP contribution is 2.43. The molecule has 1 aliphatic carbocycles. The Morgan fingerprint density at radius 2 is 1.73 bits per heavy atom. The number of benzene rings is 1. The van der Waals surface area contributed by atoms with Gasteiger partial charge in [0.05, 0.1) is 23.7 Å². The number of aromatic nitrogens is 1. The van der Waals surface area contributed by atoms with E-state index in [1.807, 2.05) is 0 Å². The number of fused-ring (bicyclic) bond motifs is 1. The first-order valence-electron chi connectivity index (χ1n) is 13.3. The lowest BCUT2D eigenvalue weighted by Crippen LogP contribution is -2.52. The number of carboxylic acid groups (broad SMARTS) is 2. The van der Waals surface area contributed by atoms with Gasteiger partial charge >= 0.3 is 18.0 Å². The second kappa shape index (κ2) is 11.9. The van der Waals surface area contributed by atoms with Crippen LogP contribution in [0.3, 0.4) is 0 Å². The number of pyridine rings is 1. The van der Waals surface area contributed by atoms with Crippen molar-refractivity contribution in [1.29, 1.82) is 0 Å². The van der Waals surface area contributed by atoms with Crippen LogP contribution in [0.5, 0.6) is 11.5 Å². The number of amides is 3. The zero-order chi connectivity index (χ0) is 29.9. The van der Waals surface area contributed by atoms with E-state index >= 15 is 0 Å². The summed E-state index contributed by atoms with van der Waals surface area (Å²) >= 11 is 0. The summed E-state index contributed by atoms with van der Waals surface area (Å²) in [4.78, 5) is 70.0. The summed E-state index contributed by atoms with van der Waals surface area (Å²) in [6.07, 6.45) is -0.306. The van der Waals surface area contributed by atoms with E-state index < -0.39 is 47.8 Å². The molecule has 2 aliphatic rings. The highest BCUT2D eigenvalue weighted by molar-refractivity contribution is 6.05. The second-order valence-electron chi connectivity index (χ2n) is 10.0. The number of ether oxygens (including phenoxy) is 2. The number of aliphatic carboxylic acids is 2. The maximum absolute atomic E-state index is 13.9. The smallest absolute Gasteiger partial charge is 0.409 e. The van der Waals surface area contributed by atoms with E-state index in [2.05, 4.69) is 4.98 Å². The number of nitrogens with zero attached hydrogens (tertiary/aromatic N) is 3. The second-order valence-corrected chi connectivity index (χ2v) is 10.0. The first-order valence-corrected chi connectivity index (χ1v) is 13.3. The monoisotopic (exact) mass is 572 g/mol. The van der Waals surface area contributed by atoms with E-state index in [0.717, 1.165) is 0 Å². The number of phenolic OH excluding ortho intramolecular Hbond substituents is 1. The van der Waals surface area contributed by atoms with E-state index in [9.17, 15) is 39.3 Å². The van der Waals surface area contributed by atoms with Crippen molar-refractivity contribution < 1.29 is 48.8 Å². The Kier molecular flexibility index (Phi) is 8.49. The van der Waals surface area contributed by atoms with Crippen molar-refractivity contribution in [2.45, 2.75) is 50.5 Å². The zero-order valence-corrected chi connectivity index (χ0v) is 22.5. The molecular formula is C27H32N4O10. The molecule has 4 rings (SSSR count). The molecule has 5 N–H and O–H groups in total. The molecule has 0 spiro atoms. The minimum Gasteiger partial charge on any atom is -0.508 e. The van der Waals surface area contributed by atoms with Crippen LogP contribution in [0.4, 0.5) is 4.79 Å². The fourth-order valence-electron chi connectivity index (χ4n) is 5.08. The first kappa shape index (κ1) is 29.4. The van der Waals surface area contributed by atoms with Gasteiger partial charge in [0.15, 0.2) is 0 Å². The summed E-state index contributed by atoms with van der Waals surface area (Å²) in [6.45, 7) is 2.46. The van der Waals surface area contributed by atoms with Crippen molar-refractivity contribution in [3.05, 3.63) is 29.5 Å². The summed E-state index contributed by atoms with van der Waals surface area (Å²) in [5.74, 6) is -5.68. The minimum atomic E-state index is -1.63. The predicted molar refractivity (Wildman–Crippen MR) is 142 cm³/mol. The maximum atomic E-state index is 13.9. The molecule has 3 amide bonds. The van der Waals surface area contributed by atoms with Gasteiger partial charge in [0.1, 0.15) is 17.1 Å². The Morgan fingerprint density at radius 3 is 2.27 bits per heavy atom. The summed E-state index contributed by atoms with van der Waals surface area (Å²) < 4.78 is 11.0. The van der Waals surface area contributed by atoms with Crippen LogP contribution in [-0.2, 0) is 19.1 Å². The lowest BCUT2D eigenvalue weighted by Gasteiger charge is -2.39. The van der Waals surface area contributed by atoms with Crippen molar-refractivity contribution in [3.63, 3.8) is 0 Å². The van der Waals surface area contributed by atoms with Crippen LogP contribution in [0.15, 0.2) is 18.2 Å². The first-order chi connectivity index (χ1) is 19.5. The standard InChI is InChI=1S/C27H32N4O10/c1-2-40-26(39)31-12-10-30(11-13-31)24(36)17(6-7-19(33)34)21-20(23(28)35)22(41-27(25(37)38)8-3-9-27)16-5-4-15(32)14-18(16)29-21/h4-5,14,17,32H,2-3,6-13H2,1H3,(H2,28,35)(H,33,34)(H,37,38). The fourth-order valence-corrected chi connectivity index (χ4v) is 5.08. The summed E-state index contributed by atoms with van der Waals surface area (Å²) in [6, 6.07) is 3.98. The number of rotatable bonds is 10. The van der Waals surface area contributed by atoms with Crippen LogP contribution in [-0.4, -0.2) is 98.3 Å². The van der Waals surface area contributed by atoms with Crippen LogP contribution in [0.1, 0.15) is 61.0 Å². The molecule has 220 valence electrons. The molecule has 0 radical (unpaired) electrons. The molecule has 1 aromatic carbocycles. The predicted octanol–water partition coefficient (Wildman–Crippen LogP) is 1.67. The lowest BCUT2D eigenvalue weighted by molar-refractivity contribution is -0.163. The van der Waals surface area contributed by atoms with Gasteiger partial charge in [0.25, 0.3) is 5.91 Å². The number of piperazine rings is 1. The molecule has 14 nitrogen and oxygen atoms in total. The Balaban J connectivity index is 1.81. The molecule has 1 aromatic heterocycles. The largest absolute Gasteiger partial charge is 0.508 e. The van der Waals surface area contributed by atoms with Gasteiger partial charge < -0.3 is 40.3 Å². The molecular weight excluding hydrogens is 540 g/mol. The third-order valence-corrected chi connectivity index (χ3v) is 7.44. The fraction of sp³-hybridized carbons (Fsp3) is 0.481. The number of carbonyl (C=O) groups is 5. The summed E-state index contributed by atoms with van der Waals surface area (Å²) in [7, 11) is 0. The lowest BCUT2D eigenvalue weighted by atomic mass is 9.80.